The second-order valence-corrected chi connectivity index (χ2v) is 5.29. The minimum atomic E-state index is 0.997. The Labute approximate surface area is 89.1 Å². The van der Waals surface area contributed by atoms with E-state index in [-0.39, 0.29) is 0 Å². The summed E-state index contributed by atoms with van der Waals surface area (Å²) < 4.78 is 0. The molecule has 2 aromatic rings. The Balaban J connectivity index is 1.76. The van der Waals surface area contributed by atoms with Crippen LogP contribution in [0.4, 0.5) is 0 Å². The maximum atomic E-state index is 4.22. The normalized spacial score (nSPS) is 10.5. The average Bonchev–Trinajstić information content (AvgIpc) is 2.75. The minimum Gasteiger partial charge on any atom is -0.249 e. The third kappa shape index (κ3) is 2.79. The van der Waals surface area contributed by atoms with Crippen molar-refractivity contribution < 1.29 is 0 Å². The third-order valence-electron chi connectivity index (χ3n) is 1.42. The highest BCUT2D eigenvalue weighted by molar-refractivity contribution is 7.97. The van der Waals surface area contributed by atoms with Gasteiger partial charge in [-0.1, -0.05) is 0 Å². The van der Waals surface area contributed by atoms with Crippen molar-refractivity contribution >= 4 is 34.4 Å². The first-order valence-corrected chi connectivity index (χ1v) is 6.71. The van der Waals surface area contributed by atoms with Crippen molar-refractivity contribution in [3.63, 3.8) is 0 Å². The Morgan fingerprint density at radius 3 is 1.92 bits per heavy atom. The molecule has 2 aromatic heterocycles. The topological polar surface area (TPSA) is 25.8 Å². The first-order valence-electron chi connectivity index (χ1n) is 3.79. The number of thiazole rings is 2. The summed E-state index contributed by atoms with van der Waals surface area (Å²) in [7, 11) is 0. The average molecular weight is 228 g/mol. The third-order valence-corrected chi connectivity index (χ3v) is 4.30. The second-order valence-electron chi connectivity index (χ2n) is 2.34. The summed E-state index contributed by atoms with van der Waals surface area (Å²) in [5.41, 5.74) is 0. The van der Waals surface area contributed by atoms with E-state index in [2.05, 4.69) is 9.97 Å². The first kappa shape index (κ1) is 9.18. The first-order chi connectivity index (χ1) is 6.45. The number of aromatic nitrogens is 2. The molecule has 0 saturated heterocycles. The van der Waals surface area contributed by atoms with Crippen LogP contribution >= 0.6 is 34.4 Å². The molecule has 0 radical (unpaired) electrons. The lowest BCUT2D eigenvalue weighted by atomic mass is 10.8. The zero-order valence-corrected chi connectivity index (χ0v) is 9.29. The van der Waals surface area contributed by atoms with Crippen LogP contribution in [0.2, 0.25) is 0 Å². The molecule has 0 amide bonds. The van der Waals surface area contributed by atoms with E-state index < -0.39 is 0 Å². The standard InChI is InChI=1S/C8H8N2S3/c1-3-12-7(9-1)5-11-6-8-10-2-4-13-8/h1-4H,5-6H2. The zero-order valence-electron chi connectivity index (χ0n) is 6.84. The molecule has 2 rings (SSSR count). The highest BCUT2D eigenvalue weighted by Gasteiger charge is 1.98. The zero-order chi connectivity index (χ0) is 8.93. The summed E-state index contributed by atoms with van der Waals surface area (Å²) >= 11 is 5.29. The Hall–Kier alpha value is -0.390. The van der Waals surface area contributed by atoms with E-state index >= 15 is 0 Å². The number of rotatable bonds is 4. The number of hydrogen-bond donors (Lipinski definition) is 0. The lowest BCUT2D eigenvalue weighted by molar-refractivity contribution is 1.24. The van der Waals surface area contributed by atoms with Crippen molar-refractivity contribution in [1.82, 2.24) is 9.97 Å². The molecule has 0 aromatic carbocycles. The van der Waals surface area contributed by atoms with Crippen molar-refractivity contribution in [2.45, 2.75) is 11.5 Å². The molecule has 0 atom stereocenters. The van der Waals surface area contributed by atoms with Crippen LogP contribution in [0.3, 0.4) is 0 Å². The van der Waals surface area contributed by atoms with E-state index in [1.54, 1.807) is 22.7 Å². The van der Waals surface area contributed by atoms with Gasteiger partial charge < -0.3 is 0 Å². The van der Waals surface area contributed by atoms with Gasteiger partial charge in [0.25, 0.3) is 0 Å². The van der Waals surface area contributed by atoms with E-state index in [9.17, 15) is 0 Å². The molecule has 0 fully saturated rings. The smallest absolute Gasteiger partial charge is 0.102 e. The molecule has 0 bridgehead atoms. The lowest BCUT2D eigenvalue weighted by Gasteiger charge is -1.94. The van der Waals surface area contributed by atoms with E-state index in [0.717, 1.165) is 11.5 Å². The molecule has 0 saturated carbocycles. The maximum Gasteiger partial charge on any atom is 0.102 e. The molecular formula is C8H8N2S3. The summed E-state index contributed by atoms with van der Waals surface area (Å²) in [6.45, 7) is 0. The van der Waals surface area contributed by atoms with Crippen molar-refractivity contribution in [1.29, 1.82) is 0 Å². The van der Waals surface area contributed by atoms with Gasteiger partial charge in [0, 0.05) is 34.7 Å². The van der Waals surface area contributed by atoms with Gasteiger partial charge in [0.2, 0.25) is 0 Å². The van der Waals surface area contributed by atoms with Crippen molar-refractivity contribution in [3.05, 3.63) is 33.2 Å². The van der Waals surface area contributed by atoms with Crippen molar-refractivity contribution in [2.24, 2.45) is 0 Å². The summed E-state index contributed by atoms with van der Waals surface area (Å²) in [5, 5.41) is 6.42. The molecule has 2 nitrogen and oxygen atoms in total. The van der Waals surface area contributed by atoms with E-state index in [1.807, 2.05) is 34.9 Å². The quantitative estimate of drug-likeness (QED) is 0.804. The van der Waals surface area contributed by atoms with Gasteiger partial charge in [-0.3, -0.25) is 0 Å². The fourth-order valence-corrected chi connectivity index (χ4v) is 3.32. The molecule has 5 heteroatoms. The fourth-order valence-electron chi connectivity index (χ4n) is 0.874. The monoisotopic (exact) mass is 228 g/mol. The van der Waals surface area contributed by atoms with Crippen molar-refractivity contribution in [2.75, 3.05) is 0 Å². The SMILES string of the molecule is c1csc(CSCc2nccs2)n1. The Morgan fingerprint density at radius 2 is 1.54 bits per heavy atom. The highest BCUT2D eigenvalue weighted by Crippen LogP contribution is 2.19. The van der Waals surface area contributed by atoms with Crippen LogP contribution in [0.25, 0.3) is 0 Å². The Morgan fingerprint density at radius 1 is 1.00 bits per heavy atom. The van der Waals surface area contributed by atoms with Gasteiger partial charge in [-0.05, 0) is 0 Å². The Kier molecular flexibility index (Phi) is 3.34. The van der Waals surface area contributed by atoms with Gasteiger partial charge in [0.1, 0.15) is 10.0 Å². The van der Waals surface area contributed by atoms with Crippen LogP contribution in [0.5, 0.6) is 0 Å². The van der Waals surface area contributed by atoms with Crippen LogP contribution in [0.1, 0.15) is 10.0 Å². The lowest BCUT2D eigenvalue weighted by Crippen LogP contribution is -1.80. The van der Waals surface area contributed by atoms with Crippen LogP contribution in [0, 0.1) is 0 Å². The molecule has 0 unspecified atom stereocenters. The van der Waals surface area contributed by atoms with Crippen LogP contribution in [-0.2, 0) is 11.5 Å². The van der Waals surface area contributed by atoms with Gasteiger partial charge in [-0.25, -0.2) is 9.97 Å². The molecule has 0 aliphatic heterocycles. The summed E-state index contributed by atoms with van der Waals surface area (Å²) in [5.74, 6) is 1.99. The summed E-state index contributed by atoms with van der Waals surface area (Å²) in [6, 6.07) is 0. The van der Waals surface area contributed by atoms with E-state index in [4.69, 9.17) is 0 Å². The Bertz CT molecular complexity index is 294. The molecule has 0 spiro atoms. The maximum absolute atomic E-state index is 4.22. The predicted octanol–water partition coefficient (Wildman–Crippen LogP) is 3.03. The van der Waals surface area contributed by atoms with Crippen LogP contribution in [0.15, 0.2) is 23.2 Å². The molecule has 13 heavy (non-hydrogen) atoms. The molecule has 0 N–H and O–H groups in total. The summed E-state index contributed by atoms with van der Waals surface area (Å²) in [4.78, 5) is 8.43. The number of nitrogens with zero attached hydrogens (tertiary/aromatic N) is 2. The second kappa shape index (κ2) is 4.74. The molecule has 0 aliphatic carbocycles. The van der Waals surface area contributed by atoms with Gasteiger partial charge in [-0.15, -0.1) is 34.4 Å². The van der Waals surface area contributed by atoms with E-state index in [1.165, 1.54) is 10.0 Å². The van der Waals surface area contributed by atoms with Crippen LogP contribution in [-0.4, -0.2) is 9.97 Å². The molecule has 68 valence electrons. The predicted molar refractivity (Wildman–Crippen MR) is 59.2 cm³/mol. The van der Waals surface area contributed by atoms with Crippen LogP contribution < -0.4 is 0 Å². The number of thioether (sulfide) groups is 1. The molecular weight excluding hydrogens is 220 g/mol. The van der Waals surface area contributed by atoms with Gasteiger partial charge in [0.05, 0.1) is 0 Å². The highest BCUT2D eigenvalue weighted by atomic mass is 32.2. The molecule has 0 aliphatic rings. The largest absolute Gasteiger partial charge is 0.249 e. The summed E-state index contributed by atoms with van der Waals surface area (Å²) in [6.07, 6.45) is 3.70. The van der Waals surface area contributed by atoms with Gasteiger partial charge in [0.15, 0.2) is 0 Å². The van der Waals surface area contributed by atoms with Gasteiger partial charge >= 0.3 is 0 Å². The fraction of sp³-hybridized carbons (Fsp3) is 0.250. The van der Waals surface area contributed by atoms with Gasteiger partial charge in [-0.2, -0.15) is 0 Å². The minimum absolute atomic E-state index is 0.997. The van der Waals surface area contributed by atoms with Crippen molar-refractivity contribution in [3.8, 4) is 0 Å². The number of hydrogen-bond acceptors (Lipinski definition) is 5. The van der Waals surface area contributed by atoms with E-state index in [0.29, 0.717) is 0 Å². The molecule has 2 heterocycles.